The van der Waals surface area contributed by atoms with E-state index in [1.54, 1.807) is 11.8 Å². The first-order valence-electron chi connectivity index (χ1n) is 8.81. The predicted molar refractivity (Wildman–Crippen MR) is 95.8 cm³/mol. The lowest BCUT2D eigenvalue weighted by Gasteiger charge is -2.30. The van der Waals surface area contributed by atoms with Gasteiger partial charge in [-0.1, -0.05) is 13.0 Å². The Hall–Kier alpha value is -2.64. The van der Waals surface area contributed by atoms with E-state index in [1.165, 1.54) is 18.2 Å². The Balaban J connectivity index is 1.82. The number of alkyl halides is 3. The van der Waals surface area contributed by atoms with Crippen LogP contribution in [-0.4, -0.2) is 33.9 Å². The highest BCUT2D eigenvalue weighted by Crippen LogP contribution is 2.31. The Bertz CT molecular complexity index is 838. The van der Waals surface area contributed by atoms with Crippen molar-refractivity contribution in [1.29, 1.82) is 0 Å². The number of aromatic nitrogens is 2. The molecule has 2 aromatic rings. The van der Waals surface area contributed by atoms with Crippen molar-refractivity contribution >= 4 is 17.4 Å². The summed E-state index contributed by atoms with van der Waals surface area (Å²) in [6.45, 7) is 5.11. The van der Waals surface area contributed by atoms with E-state index in [-0.39, 0.29) is 23.1 Å². The van der Waals surface area contributed by atoms with Crippen LogP contribution in [0, 0.1) is 12.8 Å². The maximum Gasteiger partial charge on any atom is 0.416 e. The number of amides is 1. The molecule has 1 aliphatic rings. The van der Waals surface area contributed by atoms with Gasteiger partial charge >= 0.3 is 6.18 Å². The lowest BCUT2D eigenvalue weighted by Crippen LogP contribution is -2.39. The summed E-state index contributed by atoms with van der Waals surface area (Å²) in [6, 6.07) is 6.32. The van der Waals surface area contributed by atoms with E-state index in [0.717, 1.165) is 25.0 Å². The van der Waals surface area contributed by atoms with Crippen molar-refractivity contribution in [3.05, 3.63) is 47.4 Å². The summed E-state index contributed by atoms with van der Waals surface area (Å²) in [5, 5.41) is 2.84. The molecule has 1 aliphatic heterocycles. The van der Waals surface area contributed by atoms with E-state index in [2.05, 4.69) is 22.2 Å². The number of anilines is 2. The molecule has 144 valence electrons. The number of hydrogen-bond donors (Lipinski definition) is 1. The molecule has 1 aromatic heterocycles. The molecule has 1 amide bonds. The number of nitrogens with one attached hydrogen (secondary N) is 1. The van der Waals surface area contributed by atoms with Gasteiger partial charge in [0.1, 0.15) is 17.3 Å². The van der Waals surface area contributed by atoms with Gasteiger partial charge < -0.3 is 10.2 Å². The zero-order valence-corrected chi connectivity index (χ0v) is 15.2. The predicted octanol–water partition coefficient (Wildman–Crippen LogP) is 4.42. The Morgan fingerprint density at radius 2 is 2.04 bits per heavy atom. The third-order valence-electron chi connectivity index (χ3n) is 4.46. The second-order valence-corrected chi connectivity index (χ2v) is 6.89. The van der Waals surface area contributed by atoms with Crippen molar-refractivity contribution < 1.29 is 18.0 Å². The number of benzene rings is 1. The molecule has 2 heterocycles. The minimum Gasteiger partial charge on any atom is -0.340 e. The SMILES string of the molecule is Cc1nc(Nc2cccc(C(F)(F)F)c2)cc(C(=O)N2CCCC(C)C2)n1. The zero-order chi connectivity index (χ0) is 19.6. The number of carbonyl (C=O) groups is 1. The number of hydrogen-bond acceptors (Lipinski definition) is 4. The summed E-state index contributed by atoms with van der Waals surface area (Å²) in [5.74, 6) is 0.920. The molecular weight excluding hydrogens is 357 g/mol. The van der Waals surface area contributed by atoms with Crippen LogP contribution >= 0.6 is 0 Å². The minimum atomic E-state index is -4.43. The second kappa shape index (κ2) is 7.54. The molecule has 0 spiro atoms. The third-order valence-corrected chi connectivity index (χ3v) is 4.46. The van der Waals surface area contributed by atoms with E-state index >= 15 is 0 Å². The number of halogens is 3. The monoisotopic (exact) mass is 378 g/mol. The molecule has 27 heavy (non-hydrogen) atoms. The fourth-order valence-corrected chi connectivity index (χ4v) is 3.20. The van der Waals surface area contributed by atoms with Gasteiger partial charge in [-0.3, -0.25) is 4.79 Å². The number of carbonyl (C=O) groups excluding carboxylic acids is 1. The Morgan fingerprint density at radius 3 is 2.74 bits per heavy atom. The van der Waals surface area contributed by atoms with Crippen molar-refractivity contribution in [2.45, 2.75) is 32.9 Å². The summed E-state index contributed by atoms with van der Waals surface area (Å²) in [7, 11) is 0. The van der Waals surface area contributed by atoms with Crippen molar-refractivity contribution in [3.8, 4) is 0 Å². The number of nitrogens with zero attached hydrogens (tertiary/aromatic N) is 3. The highest BCUT2D eigenvalue weighted by Gasteiger charge is 2.30. The van der Waals surface area contributed by atoms with Gasteiger partial charge in [0.25, 0.3) is 5.91 Å². The largest absolute Gasteiger partial charge is 0.416 e. The van der Waals surface area contributed by atoms with Gasteiger partial charge in [0, 0.05) is 24.8 Å². The molecule has 1 N–H and O–H groups in total. The van der Waals surface area contributed by atoms with Crippen LogP contribution in [0.4, 0.5) is 24.7 Å². The highest BCUT2D eigenvalue weighted by atomic mass is 19.4. The molecule has 1 unspecified atom stereocenters. The first kappa shape index (κ1) is 19.1. The summed E-state index contributed by atoms with van der Waals surface area (Å²) >= 11 is 0. The average molecular weight is 378 g/mol. The normalized spacial score (nSPS) is 17.7. The Labute approximate surface area is 155 Å². The first-order valence-corrected chi connectivity index (χ1v) is 8.81. The van der Waals surface area contributed by atoms with Gasteiger partial charge in [0.15, 0.2) is 0 Å². The number of piperidine rings is 1. The summed E-state index contributed by atoms with van der Waals surface area (Å²) in [5.41, 5.74) is -0.268. The fraction of sp³-hybridized carbons (Fsp3) is 0.421. The highest BCUT2D eigenvalue weighted by molar-refractivity contribution is 5.93. The van der Waals surface area contributed by atoms with Crippen LogP contribution in [0.1, 0.15) is 41.6 Å². The molecular formula is C19H21F3N4O. The third kappa shape index (κ3) is 4.75. The second-order valence-electron chi connectivity index (χ2n) is 6.89. The molecule has 0 aliphatic carbocycles. The van der Waals surface area contributed by atoms with Crippen LogP contribution < -0.4 is 5.32 Å². The van der Waals surface area contributed by atoms with E-state index in [0.29, 0.717) is 24.8 Å². The minimum absolute atomic E-state index is 0.181. The number of likely N-dealkylation sites (tertiary alicyclic amines) is 1. The maximum atomic E-state index is 12.9. The van der Waals surface area contributed by atoms with E-state index in [9.17, 15) is 18.0 Å². The molecule has 0 saturated carbocycles. The summed E-state index contributed by atoms with van der Waals surface area (Å²) < 4.78 is 38.6. The smallest absolute Gasteiger partial charge is 0.340 e. The molecule has 8 heteroatoms. The number of aryl methyl sites for hydroxylation is 1. The van der Waals surface area contributed by atoms with Crippen LogP contribution in [0.15, 0.2) is 30.3 Å². The Kier molecular flexibility index (Phi) is 5.34. The molecule has 1 saturated heterocycles. The number of rotatable bonds is 3. The lowest BCUT2D eigenvalue weighted by atomic mass is 10.00. The summed E-state index contributed by atoms with van der Waals surface area (Å²) in [6.07, 6.45) is -2.38. The van der Waals surface area contributed by atoms with Gasteiger partial charge in [-0.05, 0) is 43.9 Å². The molecule has 0 bridgehead atoms. The van der Waals surface area contributed by atoms with Gasteiger partial charge in [-0.15, -0.1) is 0 Å². The van der Waals surface area contributed by atoms with Crippen LogP contribution in [-0.2, 0) is 6.18 Å². The van der Waals surface area contributed by atoms with Crippen molar-refractivity contribution in [2.75, 3.05) is 18.4 Å². The van der Waals surface area contributed by atoms with Gasteiger partial charge in [0.05, 0.1) is 5.56 Å². The fourth-order valence-electron chi connectivity index (χ4n) is 3.20. The van der Waals surface area contributed by atoms with E-state index < -0.39 is 11.7 Å². The van der Waals surface area contributed by atoms with Crippen LogP contribution in [0.3, 0.4) is 0 Å². The van der Waals surface area contributed by atoms with Crippen LogP contribution in [0.25, 0.3) is 0 Å². The van der Waals surface area contributed by atoms with Gasteiger partial charge in [0.2, 0.25) is 0 Å². The molecule has 0 radical (unpaired) electrons. The molecule has 5 nitrogen and oxygen atoms in total. The van der Waals surface area contributed by atoms with Crippen molar-refractivity contribution in [3.63, 3.8) is 0 Å². The standard InChI is InChI=1S/C19H21F3N4O/c1-12-5-4-8-26(11-12)18(27)16-10-17(24-13(2)23-16)25-15-7-3-6-14(9-15)19(20,21)22/h3,6-7,9-10,12H,4-5,8,11H2,1-2H3,(H,23,24,25). The van der Waals surface area contributed by atoms with Crippen molar-refractivity contribution in [1.82, 2.24) is 14.9 Å². The lowest BCUT2D eigenvalue weighted by molar-refractivity contribution is -0.137. The van der Waals surface area contributed by atoms with Crippen LogP contribution in [0.5, 0.6) is 0 Å². The van der Waals surface area contributed by atoms with E-state index in [1.807, 2.05) is 0 Å². The molecule has 1 fully saturated rings. The van der Waals surface area contributed by atoms with E-state index in [4.69, 9.17) is 0 Å². The zero-order valence-electron chi connectivity index (χ0n) is 15.2. The quantitative estimate of drug-likeness (QED) is 0.859. The molecule has 1 atom stereocenters. The van der Waals surface area contributed by atoms with Gasteiger partial charge in [-0.2, -0.15) is 13.2 Å². The maximum absolute atomic E-state index is 12.9. The topological polar surface area (TPSA) is 58.1 Å². The molecule has 1 aromatic carbocycles. The van der Waals surface area contributed by atoms with Gasteiger partial charge in [-0.25, -0.2) is 9.97 Å². The van der Waals surface area contributed by atoms with Crippen LogP contribution in [0.2, 0.25) is 0 Å². The Morgan fingerprint density at radius 1 is 1.26 bits per heavy atom. The first-order chi connectivity index (χ1) is 12.7. The molecule has 3 rings (SSSR count). The average Bonchev–Trinajstić information content (AvgIpc) is 2.60. The van der Waals surface area contributed by atoms with Crippen molar-refractivity contribution in [2.24, 2.45) is 5.92 Å². The summed E-state index contributed by atoms with van der Waals surface area (Å²) in [4.78, 5) is 22.9.